The number of anilines is 1. The number of carbonyl (C=O) groups is 2. The molecule has 1 aliphatic heterocycles. The molecule has 3 N–H and O–H groups in total. The third kappa shape index (κ3) is 6.83. The Balaban J connectivity index is 1.53. The zero-order chi connectivity index (χ0) is 21.3. The second kappa shape index (κ2) is 11.1. The van der Waals surface area contributed by atoms with Crippen LogP contribution in [-0.2, 0) is 9.53 Å². The second-order valence-corrected chi connectivity index (χ2v) is 8.13. The van der Waals surface area contributed by atoms with Crippen LogP contribution in [0.25, 0.3) is 0 Å². The van der Waals surface area contributed by atoms with Gasteiger partial charge in [0, 0.05) is 29.8 Å². The number of nitrogens with one attached hydrogen (secondary N) is 3. The average molecular weight is 475 g/mol. The number of benzene rings is 2. The highest BCUT2D eigenvalue weighted by Gasteiger charge is 2.20. The van der Waals surface area contributed by atoms with Crippen LogP contribution in [0.4, 0.5) is 10.5 Å². The number of amides is 3. The maximum Gasteiger partial charge on any atom is 0.315 e. The molecule has 0 aliphatic carbocycles. The first-order valence-corrected chi connectivity index (χ1v) is 10.8. The van der Waals surface area contributed by atoms with Crippen molar-refractivity contribution in [2.24, 2.45) is 0 Å². The average Bonchev–Trinajstić information content (AvgIpc) is 2.75. The molecule has 2 aromatic carbocycles. The van der Waals surface area contributed by atoms with Crippen molar-refractivity contribution in [2.75, 3.05) is 44.7 Å². The number of ether oxygens (including phenoxy) is 1. The summed E-state index contributed by atoms with van der Waals surface area (Å²) < 4.78 is 6.36. The van der Waals surface area contributed by atoms with E-state index in [1.807, 2.05) is 55.5 Å². The molecule has 1 atom stereocenters. The van der Waals surface area contributed by atoms with Gasteiger partial charge in [0.2, 0.25) is 5.91 Å². The molecule has 1 aliphatic rings. The van der Waals surface area contributed by atoms with Crippen LogP contribution in [0.1, 0.15) is 17.2 Å². The van der Waals surface area contributed by atoms with E-state index >= 15 is 0 Å². The molecular weight excluding hydrogens is 448 g/mol. The van der Waals surface area contributed by atoms with Gasteiger partial charge < -0.3 is 20.7 Å². The highest BCUT2D eigenvalue weighted by Crippen LogP contribution is 2.20. The summed E-state index contributed by atoms with van der Waals surface area (Å²) >= 11 is 3.40. The normalized spacial score (nSPS) is 15.3. The molecule has 0 bridgehead atoms. The molecular formula is C22H27BrN4O3. The van der Waals surface area contributed by atoms with Gasteiger partial charge in [-0.1, -0.05) is 46.3 Å². The maximum atomic E-state index is 12.5. The molecule has 7 nitrogen and oxygen atoms in total. The summed E-state index contributed by atoms with van der Waals surface area (Å²) in [5.74, 6) is -0.278. The van der Waals surface area contributed by atoms with Crippen LogP contribution in [0.3, 0.4) is 0 Å². The zero-order valence-corrected chi connectivity index (χ0v) is 18.6. The van der Waals surface area contributed by atoms with Crippen molar-refractivity contribution < 1.29 is 14.3 Å². The van der Waals surface area contributed by atoms with E-state index in [4.69, 9.17) is 4.74 Å². The minimum Gasteiger partial charge on any atom is -0.379 e. The first kappa shape index (κ1) is 22.3. The number of urea groups is 1. The molecule has 160 valence electrons. The van der Waals surface area contributed by atoms with E-state index < -0.39 is 0 Å². The van der Waals surface area contributed by atoms with Gasteiger partial charge in [-0.3, -0.25) is 9.69 Å². The summed E-state index contributed by atoms with van der Waals surface area (Å²) in [6.07, 6.45) is 0. The summed E-state index contributed by atoms with van der Waals surface area (Å²) in [6, 6.07) is 14.9. The smallest absolute Gasteiger partial charge is 0.315 e. The molecule has 8 heteroatoms. The quantitative estimate of drug-likeness (QED) is 0.575. The third-order valence-corrected chi connectivity index (χ3v) is 5.42. The fraction of sp³-hybridized carbons (Fsp3) is 0.364. The van der Waals surface area contributed by atoms with Gasteiger partial charge in [-0.25, -0.2) is 4.79 Å². The molecule has 0 radical (unpaired) electrons. The van der Waals surface area contributed by atoms with E-state index in [-0.39, 0.29) is 24.5 Å². The number of rotatable bonds is 7. The van der Waals surface area contributed by atoms with Crippen LogP contribution in [0.15, 0.2) is 53.0 Å². The molecule has 0 spiro atoms. The fourth-order valence-electron chi connectivity index (χ4n) is 3.29. The van der Waals surface area contributed by atoms with Crippen molar-refractivity contribution in [2.45, 2.75) is 13.0 Å². The van der Waals surface area contributed by atoms with Gasteiger partial charge in [-0.05, 0) is 36.2 Å². The molecule has 1 fully saturated rings. The van der Waals surface area contributed by atoms with Crippen LogP contribution in [0, 0.1) is 6.92 Å². The predicted molar refractivity (Wildman–Crippen MR) is 120 cm³/mol. The van der Waals surface area contributed by atoms with E-state index in [1.54, 1.807) is 0 Å². The molecule has 3 amide bonds. The Bertz CT molecular complexity index is 857. The van der Waals surface area contributed by atoms with Crippen LogP contribution in [0.5, 0.6) is 0 Å². The monoisotopic (exact) mass is 474 g/mol. The van der Waals surface area contributed by atoms with Crippen molar-refractivity contribution in [3.63, 3.8) is 0 Å². The number of morpholine rings is 1. The minimum absolute atomic E-state index is 0.111. The Kier molecular flexibility index (Phi) is 8.24. The Morgan fingerprint density at radius 3 is 2.57 bits per heavy atom. The number of hydrogen-bond acceptors (Lipinski definition) is 4. The molecule has 0 aromatic heterocycles. The van der Waals surface area contributed by atoms with E-state index in [2.05, 4.69) is 36.8 Å². The summed E-state index contributed by atoms with van der Waals surface area (Å²) in [6.45, 7) is 5.55. The van der Waals surface area contributed by atoms with Crippen molar-refractivity contribution in [3.8, 4) is 0 Å². The lowest BCUT2D eigenvalue weighted by Crippen LogP contribution is -2.46. The lowest BCUT2D eigenvalue weighted by Gasteiger charge is -2.31. The van der Waals surface area contributed by atoms with E-state index in [0.717, 1.165) is 34.4 Å². The van der Waals surface area contributed by atoms with E-state index in [0.29, 0.717) is 19.8 Å². The molecule has 1 unspecified atom stereocenters. The largest absolute Gasteiger partial charge is 0.379 e. The number of hydrogen-bond donors (Lipinski definition) is 3. The fourth-order valence-corrected chi connectivity index (χ4v) is 3.77. The number of nitrogens with zero attached hydrogens (tertiary/aromatic N) is 1. The molecule has 30 heavy (non-hydrogen) atoms. The maximum absolute atomic E-state index is 12.5. The van der Waals surface area contributed by atoms with E-state index in [9.17, 15) is 9.59 Å². The number of aryl methyl sites for hydroxylation is 1. The summed E-state index contributed by atoms with van der Waals surface area (Å²) in [5.41, 5.74) is 2.69. The van der Waals surface area contributed by atoms with Crippen molar-refractivity contribution in [3.05, 3.63) is 64.1 Å². The Labute approximate surface area is 185 Å². The van der Waals surface area contributed by atoms with E-state index in [1.165, 1.54) is 0 Å². The Morgan fingerprint density at radius 1 is 1.13 bits per heavy atom. The topological polar surface area (TPSA) is 82.7 Å². The van der Waals surface area contributed by atoms with Gasteiger partial charge in [0.25, 0.3) is 0 Å². The van der Waals surface area contributed by atoms with Gasteiger partial charge in [0.15, 0.2) is 0 Å². The molecule has 1 heterocycles. The van der Waals surface area contributed by atoms with Gasteiger partial charge in [-0.15, -0.1) is 0 Å². The van der Waals surface area contributed by atoms with Crippen LogP contribution in [0.2, 0.25) is 0 Å². The van der Waals surface area contributed by atoms with Gasteiger partial charge in [0.1, 0.15) is 0 Å². The predicted octanol–water partition coefficient (Wildman–Crippen LogP) is 3.07. The standard InChI is InChI=1S/C22H27BrN4O3/c1-16-13-18(23)7-8-19(16)25-21(28)14-24-22(29)26-20(17-5-3-2-4-6-17)15-27-9-11-30-12-10-27/h2-8,13,20H,9-12,14-15H2,1H3,(H,25,28)(H2,24,26,29). The van der Waals surface area contributed by atoms with Crippen LogP contribution in [-0.4, -0.2) is 56.2 Å². The highest BCUT2D eigenvalue weighted by atomic mass is 79.9. The Morgan fingerprint density at radius 2 is 1.87 bits per heavy atom. The number of carbonyl (C=O) groups excluding carboxylic acids is 2. The molecule has 2 aromatic rings. The first-order chi connectivity index (χ1) is 14.5. The highest BCUT2D eigenvalue weighted by molar-refractivity contribution is 9.10. The zero-order valence-electron chi connectivity index (χ0n) is 17.0. The lowest BCUT2D eigenvalue weighted by atomic mass is 10.1. The Hall–Kier alpha value is -2.42. The van der Waals surface area contributed by atoms with Gasteiger partial charge in [-0.2, -0.15) is 0 Å². The SMILES string of the molecule is Cc1cc(Br)ccc1NC(=O)CNC(=O)NC(CN1CCOCC1)c1ccccc1. The number of halogens is 1. The first-order valence-electron chi connectivity index (χ1n) is 9.96. The molecule has 0 saturated carbocycles. The minimum atomic E-state index is -0.375. The van der Waals surface area contributed by atoms with Crippen LogP contribution < -0.4 is 16.0 Å². The van der Waals surface area contributed by atoms with Gasteiger partial charge >= 0.3 is 6.03 Å². The van der Waals surface area contributed by atoms with Crippen molar-refractivity contribution in [1.29, 1.82) is 0 Å². The molecule has 1 saturated heterocycles. The summed E-state index contributed by atoms with van der Waals surface area (Å²) in [5, 5.41) is 8.48. The van der Waals surface area contributed by atoms with Crippen LogP contribution >= 0.6 is 15.9 Å². The summed E-state index contributed by atoms with van der Waals surface area (Å²) in [7, 11) is 0. The third-order valence-electron chi connectivity index (χ3n) is 4.92. The van der Waals surface area contributed by atoms with Crippen molar-refractivity contribution in [1.82, 2.24) is 15.5 Å². The van der Waals surface area contributed by atoms with Gasteiger partial charge in [0.05, 0.1) is 25.8 Å². The molecule has 3 rings (SSSR count). The summed E-state index contributed by atoms with van der Waals surface area (Å²) in [4.78, 5) is 27.0. The second-order valence-electron chi connectivity index (χ2n) is 7.21. The lowest BCUT2D eigenvalue weighted by molar-refractivity contribution is -0.115. The van der Waals surface area contributed by atoms with Crippen molar-refractivity contribution >= 4 is 33.6 Å².